The molecule has 2 saturated carbocycles. The molecule has 4 nitrogen and oxygen atoms in total. The largest absolute Gasteiger partial charge is 0.275 e. The third-order valence-corrected chi connectivity index (χ3v) is 4.37. The van der Waals surface area contributed by atoms with Crippen LogP contribution in [0.2, 0.25) is 0 Å². The number of nitrogens with one attached hydrogen (secondary N) is 1. The van der Waals surface area contributed by atoms with Crippen LogP contribution in [-0.2, 0) is 7.05 Å². The number of hydrogen-bond donors (Lipinski definition) is 2. The van der Waals surface area contributed by atoms with E-state index in [2.05, 4.69) is 16.7 Å². The van der Waals surface area contributed by atoms with Gasteiger partial charge in [-0.25, -0.2) is 0 Å². The highest BCUT2D eigenvalue weighted by Gasteiger charge is 2.54. The third-order valence-electron chi connectivity index (χ3n) is 4.37. The Balaban J connectivity index is 1.77. The van der Waals surface area contributed by atoms with E-state index in [0.717, 1.165) is 17.8 Å². The lowest BCUT2D eigenvalue weighted by molar-refractivity contribution is 0.456. The highest BCUT2D eigenvalue weighted by molar-refractivity contribution is 5.17. The number of rotatable bonds is 3. The summed E-state index contributed by atoms with van der Waals surface area (Å²) in [6.07, 6.45) is 9.62. The zero-order valence-corrected chi connectivity index (χ0v) is 9.76. The summed E-state index contributed by atoms with van der Waals surface area (Å²) >= 11 is 0. The fourth-order valence-corrected chi connectivity index (χ4v) is 3.57. The zero-order chi connectivity index (χ0) is 11.1. The van der Waals surface area contributed by atoms with Gasteiger partial charge in [-0.1, -0.05) is 12.8 Å². The molecule has 1 heterocycles. The zero-order valence-electron chi connectivity index (χ0n) is 9.76. The molecule has 0 aromatic carbocycles. The standard InChI is InChI=1S/C12H20N4/c1-16-7-8(6-14-16)12(15-13)11-9-4-2-3-5-10(9)11/h6-7,9-12,15H,2-5,13H2,1H3. The van der Waals surface area contributed by atoms with E-state index in [1.807, 2.05) is 17.9 Å². The van der Waals surface area contributed by atoms with E-state index in [1.165, 1.54) is 31.2 Å². The van der Waals surface area contributed by atoms with Gasteiger partial charge in [0, 0.05) is 18.8 Å². The number of hydrazine groups is 1. The van der Waals surface area contributed by atoms with Gasteiger partial charge in [0.05, 0.1) is 12.2 Å². The van der Waals surface area contributed by atoms with Crippen molar-refractivity contribution in [1.82, 2.24) is 15.2 Å². The summed E-state index contributed by atoms with van der Waals surface area (Å²) in [5, 5.41) is 4.23. The summed E-state index contributed by atoms with van der Waals surface area (Å²) in [6.45, 7) is 0. The molecule has 0 amide bonds. The molecule has 3 N–H and O–H groups in total. The van der Waals surface area contributed by atoms with Crippen molar-refractivity contribution in [3.05, 3.63) is 18.0 Å². The lowest BCUT2D eigenvalue weighted by atomic mass is 10.0. The first-order chi connectivity index (χ1) is 7.81. The molecule has 3 rings (SSSR count). The lowest BCUT2D eigenvalue weighted by Crippen LogP contribution is -2.30. The SMILES string of the molecule is Cn1cc(C(NN)C2C3CCCCC32)cn1. The van der Waals surface area contributed by atoms with E-state index < -0.39 is 0 Å². The van der Waals surface area contributed by atoms with Crippen molar-refractivity contribution in [2.75, 3.05) is 0 Å². The Bertz CT molecular complexity index is 361. The summed E-state index contributed by atoms with van der Waals surface area (Å²) in [5.74, 6) is 8.29. The molecule has 2 aliphatic carbocycles. The van der Waals surface area contributed by atoms with Crippen molar-refractivity contribution in [2.45, 2.75) is 31.7 Å². The van der Waals surface area contributed by atoms with Gasteiger partial charge in [0.2, 0.25) is 0 Å². The predicted octanol–water partition coefficient (Wildman–Crippen LogP) is 1.36. The minimum absolute atomic E-state index is 0.307. The first-order valence-corrected chi connectivity index (χ1v) is 6.26. The maximum atomic E-state index is 5.72. The van der Waals surface area contributed by atoms with Crippen LogP contribution in [0.5, 0.6) is 0 Å². The minimum atomic E-state index is 0.307. The summed E-state index contributed by atoms with van der Waals surface area (Å²) in [4.78, 5) is 0. The summed E-state index contributed by atoms with van der Waals surface area (Å²) in [7, 11) is 1.96. The molecule has 4 heteroatoms. The van der Waals surface area contributed by atoms with Crippen molar-refractivity contribution in [1.29, 1.82) is 0 Å². The maximum Gasteiger partial charge on any atom is 0.0538 e. The molecule has 0 saturated heterocycles. The Morgan fingerprint density at radius 3 is 2.62 bits per heavy atom. The van der Waals surface area contributed by atoms with E-state index >= 15 is 0 Å². The van der Waals surface area contributed by atoms with Gasteiger partial charge in [-0.05, 0) is 30.6 Å². The van der Waals surface area contributed by atoms with Crippen LogP contribution in [-0.4, -0.2) is 9.78 Å². The molecule has 3 atom stereocenters. The van der Waals surface area contributed by atoms with E-state index in [1.54, 1.807) is 0 Å². The molecule has 88 valence electrons. The van der Waals surface area contributed by atoms with E-state index in [9.17, 15) is 0 Å². The Labute approximate surface area is 96.2 Å². The highest BCUT2D eigenvalue weighted by atomic mass is 15.3. The Hall–Kier alpha value is -0.870. The van der Waals surface area contributed by atoms with E-state index in [4.69, 9.17) is 5.84 Å². The summed E-state index contributed by atoms with van der Waals surface area (Å²) < 4.78 is 1.85. The Kier molecular flexibility index (Phi) is 2.48. The van der Waals surface area contributed by atoms with Gasteiger partial charge in [0.15, 0.2) is 0 Å². The second-order valence-corrected chi connectivity index (χ2v) is 5.28. The van der Waals surface area contributed by atoms with Crippen molar-refractivity contribution in [3.63, 3.8) is 0 Å². The highest BCUT2D eigenvalue weighted by Crippen LogP contribution is 2.60. The number of aromatic nitrogens is 2. The molecule has 3 unspecified atom stereocenters. The fourth-order valence-electron chi connectivity index (χ4n) is 3.57. The van der Waals surface area contributed by atoms with Crippen LogP contribution in [0.4, 0.5) is 0 Å². The first-order valence-electron chi connectivity index (χ1n) is 6.26. The summed E-state index contributed by atoms with van der Waals surface area (Å²) in [5.41, 5.74) is 4.24. The number of nitrogens with two attached hydrogens (primary N) is 1. The molecule has 1 aromatic heterocycles. The van der Waals surface area contributed by atoms with Crippen LogP contribution in [0.25, 0.3) is 0 Å². The molecule has 16 heavy (non-hydrogen) atoms. The fraction of sp³-hybridized carbons (Fsp3) is 0.750. The third kappa shape index (κ3) is 1.57. The number of fused-ring (bicyclic) bond motifs is 1. The summed E-state index contributed by atoms with van der Waals surface area (Å²) in [6, 6.07) is 0.307. The van der Waals surface area contributed by atoms with Gasteiger partial charge in [-0.15, -0.1) is 0 Å². The van der Waals surface area contributed by atoms with Crippen molar-refractivity contribution in [3.8, 4) is 0 Å². The monoisotopic (exact) mass is 220 g/mol. The molecule has 0 bridgehead atoms. The molecule has 2 fully saturated rings. The maximum absolute atomic E-state index is 5.72. The normalized spacial score (nSPS) is 34.5. The van der Waals surface area contributed by atoms with Gasteiger partial charge in [0.25, 0.3) is 0 Å². The molecule has 1 aromatic rings. The number of aryl methyl sites for hydroxylation is 1. The van der Waals surface area contributed by atoms with Crippen molar-refractivity contribution in [2.24, 2.45) is 30.6 Å². The van der Waals surface area contributed by atoms with Crippen LogP contribution >= 0.6 is 0 Å². The van der Waals surface area contributed by atoms with Crippen LogP contribution in [0, 0.1) is 17.8 Å². The van der Waals surface area contributed by atoms with E-state index in [0.29, 0.717) is 6.04 Å². The van der Waals surface area contributed by atoms with Crippen molar-refractivity contribution < 1.29 is 0 Å². The smallest absolute Gasteiger partial charge is 0.0538 e. The number of hydrogen-bond acceptors (Lipinski definition) is 3. The average Bonchev–Trinajstić information content (AvgIpc) is 2.86. The Morgan fingerprint density at radius 2 is 2.12 bits per heavy atom. The van der Waals surface area contributed by atoms with Gasteiger partial charge < -0.3 is 0 Å². The second kappa shape index (κ2) is 3.86. The molecular formula is C12H20N4. The van der Waals surface area contributed by atoms with Crippen LogP contribution in [0.1, 0.15) is 37.3 Å². The lowest BCUT2D eigenvalue weighted by Gasteiger charge is -2.13. The van der Waals surface area contributed by atoms with Crippen LogP contribution in [0.3, 0.4) is 0 Å². The van der Waals surface area contributed by atoms with Gasteiger partial charge in [0.1, 0.15) is 0 Å². The first kappa shape index (κ1) is 10.3. The minimum Gasteiger partial charge on any atom is -0.275 e. The van der Waals surface area contributed by atoms with E-state index in [-0.39, 0.29) is 0 Å². The van der Waals surface area contributed by atoms with Gasteiger partial charge in [-0.2, -0.15) is 5.10 Å². The second-order valence-electron chi connectivity index (χ2n) is 5.28. The molecule has 2 aliphatic rings. The van der Waals surface area contributed by atoms with Crippen LogP contribution in [0.15, 0.2) is 12.4 Å². The van der Waals surface area contributed by atoms with Crippen molar-refractivity contribution >= 4 is 0 Å². The molecule has 0 aliphatic heterocycles. The predicted molar refractivity (Wildman–Crippen MR) is 62.2 cm³/mol. The molecule has 0 radical (unpaired) electrons. The molecular weight excluding hydrogens is 200 g/mol. The topological polar surface area (TPSA) is 55.9 Å². The average molecular weight is 220 g/mol. The Morgan fingerprint density at radius 1 is 1.44 bits per heavy atom. The molecule has 0 spiro atoms. The number of nitrogens with zero attached hydrogens (tertiary/aromatic N) is 2. The van der Waals surface area contributed by atoms with Crippen LogP contribution < -0.4 is 11.3 Å². The van der Waals surface area contributed by atoms with Gasteiger partial charge >= 0.3 is 0 Å². The quantitative estimate of drug-likeness (QED) is 0.597. The van der Waals surface area contributed by atoms with Gasteiger partial charge in [-0.3, -0.25) is 16.0 Å².